The van der Waals surface area contributed by atoms with Gasteiger partial charge in [-0.3, -0.25) is 9.59 Å². The van der Waals surface area contributed by atoms with Crippen LogP contribution in [0.25, 0.3) is 11.1 Å². The fraction of sp³-hybridized carbons (Fsp3) is 0.156. The average Bonchev–Trinajstić information content (AvgIpc) is 2.97. The third-order valence-corrected chi connectivity index (χ3v) is 6.76. The van der Waals surface area contributed by atoms with E-state index in [9.17, 15) is 23.9 Å². The molecule has 7 nitrogen and oxygen atoms in total. The van der Waals surface area contributed by atoms with Gasteiger partial charge in [0.05, 0.1) is 18.7 Å². The molecule has 0 saturated heterocycles. The van der Waals surface area contributed by atoms with Gasteiger partial charge in [0.1, 0.15) is 0 Å². The molecule has 9 heteroatoms. The van der Waals surface area contributed by atoms with Crippen molar-refractivity contribution in [3.63, 3.8) is 0 Å². The van der Waals surface area contributed by atoms with E-state index < -0.39 is 23.6 Å². The summed E-state index contributed by atoms with van der Waals surface area (Å²) in [5, 5.41) is 16.0. The lowest BCUT2D eigenvalue weighted by molar-refractivity contribution is 0.0697. The Kier molecular flexibility index (Phi) is 9.37. The summed E-state index contributed by atoms with van der Waals surface area (Å²) in [5.74, 6) is -2.95. The number of anilines is 1. The summed E-state index contributed by atoms with van der Waals surface area (Å²) in [6, 6.07) is 22.0. The normalized spacial score (nSPS) is 11.4. The van der Waals surface area contributed by atoms with Gasteiger partial charge in [-0.2, -0.15) is 0 Å². The predicted molar refractivity (Wildman–Crippen MR) is 156 cm³/mol. The number of benzene rings is 4. The summed E-state index contributed by atoms with van der Waals surface area (Å²) >= 11 is 6.24. The molecule has 0 unspecified atom stereocenters. The zero-order valence-electron chi connectivity index (χ0n) is 22.4. The monoisotopic (exact) mass is 574 g/mol. The molecule has 0 bridgehead atoms. The number of halogens is 2. The first kappa shape index (κ1) is 29.3. The van der Waals surface area contributed by atoms with Crippen LogP contribution in [0, 0.1) is 5.82 Å². The van der Waals surface area contributed by atoms with Crippen LogP contribution in [0.3, 0.4) is 0 Å². The first-order chi connectivity index (χ1) is 19.7. The number of carbonyl (C=O) groups is 3. The van der Waals surface area contributed by atoms with E-state index in [2.05, 4.69) is 10.6 Å². The molecule has 0 aliphatic rings. The number of carboxylic acids is 1. The summed E-state index contributed by atoms with van der Waals surface area (Å²) in [6.45, 7) is 2.02. The van der Waals surface area contributed by atoms with Crippen LogP contribution in [-0.4, -0.2) is 30.0 Å². The molecule has 0 radical (unpaired) electrons. The molecular formula is C32H28ClFN2O5. The Balaban J connectivity index is 1.67. The molecular weight excluding hydrogens is 547 g/mol. The second-order valence-electron chi connectivity index (χ2n) is 9.28. The Morgan fingerprint density at radius 2 is 1.66 bits per heavy atom. The van der Waals surface area contributed by atoms with Gasteiger partial charge < -0.3 is 20.5 Å². The Hall–Kier alpha value is -4.69. The molecule has 4 rings (SSSR count). The number of hydrogen-bond acceptors (Lipinski definition) is 4. The van der Waals surface area contributed by atoms with Gasteiger partial charge >= 0.3 is 5.97 Å². The molecule has 2 amide bonds. The highest BCUT2D eigenvalue weighted by Gasteiger charge is 2.22. The van der Waals surface area contributed by atoms with Crippen molar-refractivity contribution in [3.05, 3.63) is 118 Å². The average molecular weight is 575 g/mol. The second-order valence-corrected chi connectivity index (χ2v) is 9.72. The van der Waals surface area contributed by atoms with E-state index in [0.717, 1.165) is 18.1 Å². The van der Waals surface area contributed by atoms with Crippen molar-refractivity contribution in [1.82, 2.24) is 5.32 Å². The zero-order valence-corrected chi connectivity index (χ0v) is 23.2. The summed E-state index contributed by atoms with van der Waals surface area (Å²) in [6.07, 6.45) is 1.54. The number of aromatic carboxylic acids is 1. The molecule has 4 aromatic rings. The van der Waals surface area contributed by atoms with E-state index >= 15 is 0 Å². The van der Waals surface area contributed by atoms with Crippen molar-refractivity contribution in [1.29, 1.82) is 0 Å². The Morgan fingerprint density at radius 3 is 2.32 bits per heavy atom. The van der Waals surface area contributed by atoms with Gasteiger partial charge in [-0.25, -0.2) is 9.18 Å². The standard InChI is InChI=1S/C32H28ClFN2O5/c1-3-7-28(19-8-5-4-6-9-19)36-30(37)20-10-13-23(26(16-20)32(39)40)25-17-21(33)11-14-24(25)31(38)35-22-12-15-29(41-2)27(34)18-22/h4-6,8-18,28H,3,7H2,1-2H3,(H,35,38)(H,36,37)(H,39,40)/t28-/m1/s1. The number of nitrogens with one attached hydrogen (secondary N) is 2. The van der Waals surface area contributed by atoms with Gasteiger partial charge in [-0.1, -0.05) is 61.3 Å². The molecule has 0 fully saturated rings. The van der Waals surface area contributed by atoms with Crippen molar-refractivity contribution in [3.8, 4) is 16.9 Å². The van der Waals surface area contributed by atoms with E-state index in [1.54, 1.807) is 0 Å². The second kappa shape index (κ2) is 13.1. The SMILES string of the molecule is CCC[C@@H](NC(=O)c1ccc(-c2cc(Cl)ccc2C(=O)Nc2ccc(OC)c(F)c2)c(C(=O)O)c1)c1ccccc1. The van der Waals surface area contributed by atoms with E-state index in [0.29, 0.717) is 6.42 Å². The first-order valence-electron chi connectivity index (χ1n) is 12.9. The summed E-state index contributed by atoms with van der Waals surface area (Å²) in [5.41, 5.74) is 1.64. The maximum absolute atomic E-state index is 14.2. The third kappa shape index (κ3) is 6.91. The number of hydrogen-bond donors (Lipinski definition) is 3. The highest BCUT2D eigenvalue weighted by atomic mass is 35.5. The molecule has 0 saturated carbocycles. The van der Waals surface area contributed by atoms with Crippen molar-refractivity contribution < 1.29 is 28.6 Å². The molecule has 0 heterocycles. The zero-order chi connectivity index (χ0) is 29.5. The summed E-state index contributed by atoms with van der Waals surface area (Å²) in [4.78, 5) is 38.8. The van der Waals surface area contributed by atoms with Crippen LogP contribution in [0.1, 0.15) is 62.4 Å². The first-order valence-corrected chi connectivity index (χ1v) is 13.3. The summed E-state index contributed by atoms with van der Waals surface area (Å²) in [7, 11) is 1.33. The van der Waals surface area contributed by atoms with Gasteiger partial charge in [0.15, 0.2) is 11.6 Å². The van der Waals surface area contributed by atoms with Crippen LogP contribution in [-0.2, 0) is 0 Å². The molecule has 0 aliphatic heterocycles. The van der Waals surface area contributed by atoms with Crippen molar-refractivity contribution in [2.45, 2.75) is 25.8 Å². The van der Waals surface area contributed by atoms with Gasteiger partial charge in [-0.05, 0) is 65.6 Å². The number of amides is 2. The minimum Gasteiger partial charge on any atom is -0.494 e. The van der Waals surface area contributed by atoms with Gasteiger partial charge in [0, 0.05) is 27.9 Å². The van der Waals surface area contributed by atoms with Gasteiger partial charge in [0.2, 0.25) is 0 Å². The topological polar surface area (TPSA) is 105 Å². The Labute approximate surface area is 241 Å². The number of carboxylic acid groups (broad SMARTS) is 1. The number of rotatable bonds is 10. The predicted octanol–water partition coefficient (Wildman–Crippen LogP) is 7.38. The van der Waals surface area contributed by atoms with Crippen LogP contribution < -0.4 is 15.4 Å². The Morgan fingerprint density at radius 1 is 0.902 bits per heavy atom. The molecule has 41 heavy (non-hydrogen) atoms. The molecule has 0 spiro atoms. The lowest BCUT2D eigenvalue weighted by Crippen LogP contribution is -2.28. The molecule has 4 aromatic carbocycles. The lowest BCUT2D eigenvalue weighted by atomic mass is 9.93. The maximum Gasteiger partial charge on any atom is 0.336 e. The van der Waals surface area contributed by atoms with E-state index in [4.69, 9.17) is 16.3 Å². The van der Waals surface area contributed by atoms with Crippen molar-refractivity contribution in [2.24, 2.45) is 0 Å². The van der Waals surface area contributed by atoms with Gasteiger partial charge in [-0.15, -0.1) is 0 Å². The largest absolute Gasteiger partial charge is 0.494 e. The maximum atomic E-state index is 14.2. The Bertz CT molecular complexity index is 1590. The molecule has 1 atom stereocenters. The van der Waals surface area contributed by atoms with Crippen LogP contribution in [0.15, 0.2) is 84.9 Å². The number of methoxy groups -OCH3 is 1. The lowest BCUT2D eigenvalue weighted by Gasteiger charge is -2.19. The van der Waals surface area contributed by atoms with Crippen LogP contribution in [0.5, 0.6) is 5.75 Å². The molecule has 0 aliphatic carbocycles. The quantitative estimate of drug-likeness (QED) is 0.183. The third-order valence-electron chi connectivity index (χ3n) is 6.52. The minimum absolute atomic E-state index is 0.0233. The fourth-order valence-corrected chi connectivity index (χ4v) is 4.69. The number of ether oxygens (including phenoxy) is 1. The van der Waals surface area contributed by atoms with E-state index in [1.165, 1.54) is 55.6 Å². The molecule has 0 aromatic heterocycles. The fourth-order valence-electron chi connectivity index (χ4n) is 4.51. The van der Waals surface area contributed by atoms with Crippen molar-refractivity contribution in [2.75, 3.05) is 12.4 Å². The van der Waals surface area contributed by atoms with Crippen LogP contribution in [0.4, 0.5) is 10.1 Å². The smallest absolute Gasteiger partial charge is 0.336 e. The van der Waals surface area contributed by atoms with Crippen LogP contribution >= 0.6 is 11.6 Å². The van der Waals surface area contributed by atoms with Crippen LogP contribution in [0.2, 0.25) is 5.02 Å². The number of carbonyl (C=O) groups excluding carboxylic acids is 2. The molecule has 3 N–H and O–H groups in total. The van der Waals surface area contributed by atoms with Crippen molar-refractivity contribution >= 4 is 35.1 Å². The minimum atomic E-state index is -1.29. The van der Waals surface area contributed by atoms with Gasteiger partial charge in [0.25, 0.3) is 11.8 Å². The molecule has 210 valence electrons. The van der Waals surface area contributed by atoms with E-state index in [1.807, 2.05) is 37.3 Å². The van der Waals surface area contributed by atoms with E-state index in [-0.39, 0.29) is 50.3 Å². The summed E-state index contributed by atoms with van der Waals surface area (Å²) < 4.78 is 19.1. The highest BCUT2D eigenvalue weighted by molar-refractivity contribution is 6.31. The highest BCUT2D eigenvalue weighted by Crippen LogP contribution is 2.32.